The third kappa shape index (κ3) is 4.05. The fourth-order valence-corrected chi connectivity index (χ4v) is 2.81. The molecule has 0 aliphatic rings. The lowest BCUT2D eigenvalue weighted by molar-refractivity contribution is 0.577. The number of imidazole rings is 1. The molecule has 114 valence electrons. The Balaban J connectivity index is 2.03. The number of hydrogen-bond acceptors (Lipinski definition) is 4. The van der Waals surface area contributed by atoms with E-state index in [2.05, 4.69) is 21.9 Å². The summed E-state index contributed by atoms with van der Waals surface area (Å²) in [5.41, 5.74) is 0.917. The van der Waals surface area contributed by atoms with Crippen molar-refractivity contribution in [1.82, 2.24) is 14.3 Å². The van der Waals surface area contributed by atoms with Gasteiger partial charge in [-0.25, -0.2) is 18.1 Å². The van der Waals surface area contributed by atoms with Gasteiger partial charge < -0.3 is 9.88 Å². The fraction of sp³-hybridized carbons (Fsp3) is 0.357. The molecule has 7 heteroatoms. The van der Waals surface area contributed by atoms with Gasteiger partial charge in [0.2, 0.25) is 10.0 Å². The Morgan fingerprint density at radius 1 is 1.24 bits per heavy atom. The van der Waals surface area contributed by atoms with Crippen LogP contribution in [0, 0.1) is 0 Å². The molecule has 0 saturated heterocycles. The Labute approximate surface area is 125 Å². The standard InChI is InChI=1S/C14H20N4O2S/c1-3-8-15-12-4-6-13(7-5-12)21(19,20)17-11-14-16-9-10-18(14)2/h4-7,9-10,15,17H,3,8,11H2,1-2H3. The lowest BCUT2D eigenvalue weighted by Crippen LogP contribution is -2.24. The Morgan fingerprint density at radius 3 is 2.52 bits per heavy atom. The molecule has 1 aromatic heterocycles. The van der Waals surface area contributed by atoms with Crippen LogP contribution in [0.25, 0.3) is 0 Å². The highest BCUT2D eigenvalue weighted by molar-refractivity contribution is 7.89. The van der Waals surface area contributed by atoms with Crippen molar-refractivity contribution in [2.75, 3.05) is 11.9 Å². The zero-order valence-corrected chi connectivity index (χ0v) is 13.0. The van der Waals surface area contributed by atoms with Crippen molar-refractivity contribution in [1.29, 1.82) is 0 Å². The summed E-state index contributed by atoms with van der Waals surface area (Å²) in [4.78, 5) is 4.34. The first-order chi connectivity index (χ1) is 10.0. The van der Waals surface area contributed by atoms with E-state index in [1.54, 1.807) is 41.2 Å². The van der Waals surface area contributed by atoms with Gasteiger partial charge in [-0.2, -0.15) is 0 Å². The highest BCUT2D eigenvalue weighted by Gasteiger charge is 2.14. The van der Waals surface area contributed by atoms with Crippen molar-refractivity contribution in [2.24, 2.45) is 7.05 Å². The van der Waals surface area contributed by atoms with E-state index in [0.29, 0.717) is 5.82 Å². The zero-order chi connectivity index (χ0) is 15.3. The van der Waals surface area contributed by atoms with Crippen molar-refractivity contribution in [3.8, 4) is 0 Å². The summed E-state index contributed by atoms with van der Waals surface area (Å²) in [6.45, 7) is 3.11. The summed E-state index contributed by atoms with van der Waals surface area (Å²) in [6.07, 6.45) is 4.43. The fourth-order valence-electron chi connectivity index (χ4n) is 1.83. The number of nitrogens with zero attached hydrogens (tertiary/aromatic N) is 2. The van der Waals surface area contributed by atoms with Gasteiger partial charge in [-0.1, -0.05) is 6.92 Å². The van der Waals surface area contributed by atoms with Crippen LogP contribution in [0.2, 0.25) is 0 Å². The average molecular weight is 308 g/mol. The van der Waals surface area contributed by atoms with Crippen LogP contribution >= 0.6 is 0 Å². The predicted molar refractivity (Wildman–Crippen MR) is 82.5 cm³/mol. The Morgan fingerprint density at radius 2 is 1.95 bits per heavy atom. The second kappa shape index (κ2) is 6.73. The molecule has 1 heterocycles. The molecule has 0 amide bonds. The average Bonchev–Trinajstić information content (AvgIpc) is 2.89. The van der Waals surface area contributed by atoms with Crippen LogP contribution < -0.4 is 10.0 Å². The van der Waals surface area contributed by atoms with Crippen LogP contribution in [0.5, 0.6) is 0 Å². The molecule has 0 spiro atoms. The Hall–Kier alpha value is -1.86. The van der Waals surface area contributed by atoms with E-state index in [1.807, 2.05) is 7.05 Å². The molecule has 0 aliphatic heterocycles. The van der Waals surface area contributed by atoms with E-state index in [0.717, 1.165) is 18.7 Å². The lowest BCUT2D eigenvalue weighted by Gasteiger charge is -2.08. The number of hydrogen-bond donors (Lipinski definition) is 2. The molecule has 0 aliphatic carbocycles. The molecule has 0 bridgehead atoms. The summed E-state index contributed by atoms with van der Waals surface area (Å²) in [7, 11) is -1.70. The van der Waals surface area contributed by atoms with E-state index in [9.17, 15) is 8.42 Å². The second-order valence-corrected chi connectivity index (χ2v) is 6.50. The van der Waals surface area contributed by atoms with E-state index in [-0.39, 0.29) is 11.4 Å². The molecule has 6 nitrogen and oxygen atoms in total. The molecule has 0 radical (unpaired) electrons. The first-order valence-electron chi connectivity index (χ1n) is 6.82. The highest BCUT2D eigenvalue weighted by atomic mass is 32.2. The minimum Gasteiger partial charge on any atom is -0.385 e. The van der Waals surface area contributed by atoms with Gasteiger partial charge in [0.1, 0.15) is 5.82 Å². The number of aromatic nitrogens is 2. The number of sulfonamides is 1. The summed E-state index contributed by atoms with van der Waals surface area (Å²) in [5, 5.41) is 3.21. The molecular formula is C14H20N4O2S. The summed E-state index contributed by atoms with van der Waals surface area (Å²) < 4.78 is 28.7. The van der Waals surface area contributed by atoms with Crippen molar-refractivity contribution >= 4 is 15.7 Å². The maximum Gasteiger partial charge on any atom is 0.240 e. The maximum absolute atomic E-state index is 12.2. The quantitative estimate of drug-likeness (QED) is 0.816. The lowest BCUT2D eigenvalue weighted by atomic mass is 10.3. The molecule has 2 rings (SSSR count). The second-order valence-electron chi connectivity index (χ2n) is 4.73. The molecule has 0 saturated carbocycles. The van der Waals surface area contributed by atoms with E-state index in [4.69, 9.17) is 0 Å². The van der Waals surface area contributed by atoms with Gasteiger partial charge in [0, 0.05) is 31.7 Å². The Kier molecular flexibility index (Phi) is 4.98. The van der Waals surface area contributed by atoms with E-state index >= 15 is 0 Å². The van der Waals surface area contributed by atoms with Crippen LogP contribution in [-0.2, 0) is 23.6 Å². The third-order valence-electron chi connectivity index (χ3n) is 3.09. The number of benzene rings is 1. The van der Waals surface area contributed by atoms with Crippen LogP contribution in [0.15, 0.2) is 41.6 Å². The SMILES string of the molecule is CCCNc1ccc(S(=O)(=O)NCc2nccn2C)cc1. The van der Waals surface area contributed by atoms with Crippen molar-refractivity contribution < 1.29 is 8.42 Å². The van der Waals surface area contributed by atoms with Crippen LogP contribution in [0.3, 0.4) is 0 Å². The summed E-state index contributed by atoms with van der Waals surface area (Å²) >= 11 is 0. The smallest absolute Gasteiger partial charge is 0.240 e. The normalized spacial score (nSPS) is 11.5. The maximum atomic E-state index is 12.2. The van der Waals surface area contributed by atoms with Gasteiger partial charge in [0.25, 0.3) is 0 Å². The van der Waals surface area contributed by atoms with E-state index in [1.165, 1.54) is 0 Å². The van der Waals surface area contributed by atoms with E-state index < -0.39 is 10.0 Å². The Bertz CT molecular complexity index is 677. The molecule has 21 heavy (non-hydrogen) atoms. The number of anilines is 1. The van der Waals surface area contributed by atoms with Gasteiger partial charge in [0.05, 0.1) is 11.4 Å². The van der Waals surface area contributed by atoms with Gasteiger partial charge in [-0.3, -0.25) is 0 Å². The highest BCUT2D eigenvalue weighted by Crippen LogP contribution is 2.14. The van der Waals surface area contributed by atoms with Crippen LogP contribution in [0.4, 0.5) is 5.69 Å². The van der Waals surface area contributed by atoms with Crippen molar-refractivity contribution in [2.45, 2.75) is 24.8 Å². The van der Waals surface area contributed by atoms with Crippen molar-refractivity contribution in [3.05, 3.63) is 42.5 Å². The summed E-state index contributed by atoms with van der Waals surface area (Å²) in [5.74, 6) is 0.666. The molecule has 2 N–H and O–H groups in total. The monoisotopic (exact) mass is 308 g/mol. The minimum absolute atomic E-state index is 0.168. The molecule has 0 unspecified atom stereocenters. The number of aryl methyl sites for hydroxylation is 1. The number of rotatable bonds is 7. The predicted octanol–water partition coefficient (Wildman–Crippen LogP) is 1.72. The largest absolute Gasteiger partial charge is 0.385 e. The van der Waals surface area contributed by atoms with Crippen LogP contribution in [-0.4, -0.2) is 24.5 Å². The number of nitrogens with one attached hydrogen (secondary N) is 2. The van der Waals surface area contributed by atoms with Gasteiger partial charge in [-0.15, -0.1) is 0 Å². The molecular weight excluding hydrogens is 288 g/mol. The topological polar surface area (TPSA) is 76.0 Å². The zero-order valence-electron chi connectivity index (χ0n) is 12.2. The first-order valence-corrected chi connectivity index (χ1v) is 8.31. The summed E-state index contributed by atoms with van der Waals surface area (Å²) in [6, 6.07) is 6.73. The molecule has 0 fully saturated rings. The van der Waals surface area contributed by atoms with Gasteiger partial charge in [0.15, 0.2) is 0 Å². The molecule has 0 atom stereocenters. The first kappa shape index (κ1) is 15.5. The van der Waals surface area contributed by atoms with Gasteiger partial charge >= 0.3 is 0 Å². The van der Waals surface area contributed by atoms with Crippen LogP contribution in [0.1, 0.15) is 19.2 Å². The third-order valence-corrected chi connectivity index (χ3v) is 4.50. The minimum atomic E-state index is -3.52. The van der Waals surface area contributed by atoms with Gasteiger partial charge in [-0.05, 0) is 30.7 Å². The van der Waals surface area contributed by atoms with Crippen molar-refractivity contribution in [3.63, 3.8) is 0 Å². The molecule has 2 aromatic rings. The molecule has 1 aromatic carbocycles.